The van der Waals surface area contributed by atoms with Gasteiger partial charge in [0.15, 0.2) is 0 Å². The van der Waals surface area contributed by atoms with Gasteiger partial charge in [0.2, 0.25) is 0 Å². The summed E-state index contributed by atoms with van der Waals surface area (Å²) in [6.45, 7) is 9.59. The molecule has 0 spiro atoms. The first kappa shape index (κ1) is 24.5. The summed E-state index contributed by atoms with van der Waals surface area (Å²) in [6.07, 6.45) is 3.50. The molecule has 1 saturated carbocycles. The maximum atomic E-state index is 12.0. The largest absolute Gasteiger partial charge is 0.491 e. The number of hydrogen-bond acceptors (Lipinski definition) is 5. The number of rotatable bonds is 11. The van der Waals surface area contributed by atoms with Crippen LogP contribution in [-0.4, -0.2) is 38.4 Å². The van der Waals surface area contributed by atoms with Crippen molar-refractivity contribution in [1.29, 1.82) is 0 Å². The Morgan fingerprint density at radius 2 is 1.91 bits per heavy atom. The molecule has 1 aliphatic carbocycles. The first-order valence-corrected chi connectivity index (χ1v) is 11.5. The summed E-state index contributed by atoms with van der Waals surface area (Å²) in [5.41, 5.74) is 10.5. The number of hydrogen-bond donors (Lipinski definition) is 3. The Hall–Kier alpha value is -3.19. The molecule has 1 aliphatic rings. The van der Waals surface area contributed by atoms with Gasteiger partial charge in [0, 0.05) is 48.8 Å². The second-order valence-corrected chi connectivity index (χ2v) is 8.71. The van der Waals surface area contributed by atoms with Gasteiger partial charge in [0.25, 0.3) is 0 Å². The lowest BCUT2D eigenvalue weighted by molar-refractivity contribution is 0.146. The zero-order chi connectivity index (χ0) is 23.8. The Bertz CT molecular complexity index is 939. The third kappa shape index (κ3) is 6.89. The summed E-state index contributed by atoms with van der Waals surface area (Å²) in [6, 6.07) is 14.2. The molecule has 2 aromatic carbocycles. The van der Waals surface area contributed by atoms with Crippen LogP contribution in [-0.2, 0) is 11.3 Å². The van der Waals surface area contributed by atoms with Crippen molar-refractivity contribution in [3.05, 3.63) is 60.2 Å². The predicted molar refractivity (Wildman–Crippen MR) is 135 cm³/mol. The SMILES string of the molecule is C=C(N)c1ccc(OCCOC)cc1N(Cc1ccc(NC(=O)NC(C)C)cc1)C1CCC1. The average molecular weight is 453 g/mol. The number of anilines is 2. The van der Waals surface area contributed by atoms with Crippen molar-refractivity contribution in [2.45, 2.75) is 51.7 Å². The van der Waals surface area contributed by atoms with E-state index in [-0.39, 0.29) is 12.1 Å². The Morgan fingerprint density at radius 3 is 2.48 bits per heavy atom. The summed E-state index contributed by atoms with van der Waals surface area (Å²) in [5.74, 6) is 0.784. The molecule has 0 bridgehead atoms. The lowest BCUT2D eigenvalue weighted by Gasteiger charge is -2.40. The van der Waals surface area contributed by atoms with Gasteiger partial charge in [-0.2, -0.15) is 0 Å². The summed E-state index contributed by atoms with van der Waals surface area (Å²) >= 11 is 0. The number of urea groups is 1. The van der Waals surface area contributed by atoms with E-state index in [1.54, 1.807) is 7.11 Å². The normalized spacial score (nSPS) is 13.3. The van der Waals surface area contributed by atoms with Crippen LogP contribution in [0.15, 0.2) is 49.0 Å². The van der Waals surface area contributed by atoms with E-state index in [0.29, 0.717) is 25.0 Å². The average Bonchev–Trinajstić information content (AvgIpc) is 2.72. The van der Waals surface area contributed by atoms with E-state index in [1.165, 1.54) is 6.42 Å². The summed E-state index contributed by atoms with van der Waals surface area (Å²) in [4.78, 5) is 14.4. The summed E-state index contributed by atoms with van der Waals surface area (Å²) in [5, 5.41) is 5.70. The maximum absolute atomic E-state index is 12.0. The monoisotopic (exact) mass is 452 g/mol. The van der Waals surface area contributed by atoms with Crippen molar-refractivity contribution in [2.24, 2.45) is 5.73 Å². The molecule has 0 aliphatic heterocycles. The highest BCUT2D eigenvalue weighted by molar-refractivity contribution is 5.89. The molecular weight excluding hydrogens is 416 g/mol. The molecule has 0 saturated heterocycles. The first-order chi connectivity index (χ1) is 15.9. The van der Waals surface area contributed by atoms with Gasteiger partial charge < -0.3 is 30.7 Å². The fourth-order valence-corrected chi connectivity index (χ4v) is 3.78. The van der Waals surface area contributed by atoms with Gasteiger partial charge in [0.1, 0.15) is 12.4 Å². The number of nitrogens with two attached hydrogens (primary N) is 1. The zero-order valence-electron chi connectivity index (χ0n) is 19.9. The van der Waals surface area contributed by atoms with Crippen LogP contribution in [0, 0.1) is 0 Å². The molecule has 0 aromatic heterocycles. The minimum absolute atomic E-state index is 0.0843. The number of carbonyl (C=O) groups excluding carboxylic acids is 1. The van der Waals surface area contributed by atoms with Gasteiger partial charge in [-0.1, -0.05) is 18.7 Å². The number of benzene rings is 2. The highest BCUT2D eigenvalue weighted by Crippen LogP contribution is 2.36. The number of ether oxygens (including phenoxy) is 2. The van der Waals surface area contributed by atoms with E-state index in [1.807, 2.05) is 56.3 Å². The molecule has 4 N–H and O–H groups in total. The zero-order valence-corrected chi connectivity index (χ0v) is 19.9. The summed E-state index contributed by atoms with van der Waals surface area (Å²) < 4.78 is 11.0. The van der Waals surface area contributed by atoms with Crippen molar-refractivity contribution in [3.63, 3.8) is 0 Å². The van der Waals surface area contributed by atoms with Gasteiger partial charge in [-0.25, -0.2) is 4.79 Å². The molecule has 3 rings (SSSR count). The minimum Gasteiger partial charge on any atom is -0.491 e. The minimum atomic E-state index is -0.203. The lowest BCUT2D eigenvalue weighted by Crippen LogP contribution is -2.40. The van der Waals surface area contributed by atoms with Gasteiger partial charge in [-0.3, -0.25) is 0 Å². The molecule has 2 amide bonds. The number of carbonyl (C=O) groups is 1. The fraction of sp³-hybridized carbons (Fsp3) is 0.423. The number of nitrogens with one attached hydrogen (secondary N) is 2. The van der Waals surface area contributed by atoms with E-state index in [0.717, 1.165) is 47.6 Å². The van der Waals surface area contributed by atoms with Crippen molar-refractivity contribution in [2.75, 3.05) is 30.5 Å². The third-order valence-corrected chi connectivity index (χ3v) is 5.68. The molecule has 0 radical (unpaired) electrons. The second-order valence-electron chi connectivity index (χ2n) is 8.71. The summed E-state index contributed by atoms with van der Waals surface area (Å²) in [7, 11) is 1.66. The van der Waals surface area contributed by atoms with Crippen LogP contribution in [0.3, 0.4) is 0 Å². The molecule has 33 heavy (non-hydrogen) atoms. The van der Waals surface area contributed by atoms with E-state index < -0.39 is 0 Å². The molecular formula is C26H36N4O3. The lowest BCUT2D eigenvalue weighted by atomic mass is 9.90. The smallest absolute Gasteiger partial charge is 0.319 e. The van der Waals surface area contributed by atoms with Crippen LogP contribution in [0.5, 0.6) is 5.75 Å². The molecule has 0 heterocycles. The van der Waals surface area contributed by atoms with Gasteiger partial charge >= 0.3 is 6.03 Å². The standard InChI is InChI=1S/C26H36N4O3/c1-18(2)28-26(31)29-21-10-8-20(9-11-21)17-30(22-6-5-7-22)25-16-23(33-15-14-32-4)12-13-24(25)19(3)27/h8-13,16,18,22H,3,5-7,14-15,17,27H2,1-2,4H3,(H2,28,29,31). The molecule has 0 atom stereocenters. The predicted octanol–water partition coefficient (Wildman–Crippen LogP) is 4.73. The van der Waals surface area contributed by atoms with E-state index in [2.05, 4.69) is 22.1 Å². The van der Waals surface area contributed by atoms with Crippen molar-refractivity contribution < 1.29 is 14.3 Å². The van der Waals surface area contributed by atoms with E-state index >= 15 is 0 Å². The van der Waals surface area contributed by atoms with E-state index in [9.17, 15) is 4.79 Å². The van der Waals surface area contributed by atoms with Crippen LogP contribution >= 0.6 is 0 Å². The fourth-order valence-electron chi connectivity index (χ4n) is 3.78. The number of nitrogens with zero attached hydrogens (tertiary/aromatic N) is 1. The van der Waals surface area contributed by atoms with Crippen LogP contribution in [0.1, 0.15) is 44.2 Å². The molecule has 178 valence electrons. The van der Waals surface area contributed by atoms with Crippen molar-refractivity contribution in [3.8, 4) is 5.75 Å². The van der Waals surface area contributed by atoms with Crippen molar-refractivity contribution >= 4 is 23.1 Å². The quantitative estimate of drug-likeness (QED) is 0.429. The van der Waals surface area contributed by atoms with Gasteiger partial charge in [-0.05, 0) is 62.9 Å². The molecule has 7 nitrogen and oxygen atoms in total. The van der Waals surface area contributed by atoms with Gasteiger partial charge in [-0.15, -0.1) is 0 Å². The molecule has 2 aromatic rings. The van der Waals surface area contributed by atoms with Crippen LogP contribution in [0.25, 0.3) is 5.70 Å². The Kier molecular flexibility index (Phi) is 8.60. The van der Waals surface area contributed by atoms with Crippen LogP contribution < -0.4 is 26.0 Å². The van der Waals surface area contributed by atoms with Crippen LogP contribution in [0.2, 0.25) is 0 Å². The Labute approximate surface area is 196 Å². The van der Waals surface area contributed by atoms with E-state index in [4.69, 9.17) is 15.2 Å². The maximum Gasteiger partial charge on any atom is 0.319 e. The highest BCUT2D eigenvalue weighted by Gasteiger charge is 2.27. The van der Waals surface area contributed by atoms with Crippen LogP contribution in [0.4, 0.5) is 16.2 Å². The Balaban J connectivity index is 1.80. The number of methoxy groups -OCH3 is 1. The topological polar surface area (TPSA) is 88.9 Å². The van der Waals surface area contributed by atoms with Gasteiger partial charge in [0.05, 0.1) is 12.3 Å². The first-order valence-electron chi connectivity index (χ1n) is 11.5. The molecule has 1 fully saturated rings. The molecule has 0 unspecified atom stereocenters. The molecule has 7 heteroatoms. The van der Waals surface area contributed by atoms with Crippen molar-refractivity contribution in [1.82, 2.24) is 5.32 Å². The third-order valence-electron chi connectivity index (χ3n) is 5.68. The number of amides is 2. The second kappa shape index (κ2) is 11.6. The highest BCUT2D eigenvalue weighted by atomic mass is 16.5. The Morgan fingerprint density at radius 1 is 1.18 bits per heavy atom.